The van der Waals surface area contributed by atoms with E-state index in [9.17, 15) is 0 Å². The van der Waals surface area contributed by atoms with E-state index in [1.165, 1.54) is 5.56 Å². The first-order chi connectivity index (χ1) is 14.7. The predicted molar refractivity (Wildman–Crippen MR) is 126 cm³/mol. The summed E-state index contributed by atoms with van der Waals surface area (Å²) in [5.41, 5.74) is 3.58. The number of hydrogen-bond donors (Lipinski definition) is 1. The summed E-state index contributed by atoms with van der Waals surface area (Å²) in [5, 5.41) is 4.92. The molecule has 0 bridgehead atoms. The molecule has 5 nitrogen and oxygen atoms in total. The molecule has 0 atom stereocenters. The number of benzene rings is 1. The maximum Gasteiger partial charge on any atom is 0.119 e. The third-order valence-electron chi connectivity index (χ3n) is 6.14. The lowest BCUT2D eigenvalue weighted by atomic mass is 9.79. The van der Waals surface area contributed by atoms with Crippen molar-refractivity contribution in [2.75, 3.05) is 7.11 Å². The summed E-state index contributed by atoms with van der Waals surface area (Å²) in [6.45, 7) is 11.0. The molecule has 0 spiro atoms. The Morgan fingerprint density at radius 3 is 2.35 bits per heavy atom. The van der Waals surface area contributed by atoms with E-state index in [4.69, 9.17) is 9.72 Å². The highest BCUT2D eigenvalue weighted by Gasteiger charge is 2.40. The van der Waals surface area contributed by atoms with Crippen LogP contribution in [0, 0.1) is 0 Å². The van der Waals surface area contributed by atoms with Crippen molar-refractivity contribution in [3.63, 3.8) is 0 Å². The standard InChI is InChI=1S/C26H34N4O/c1-25(2)15-22(16-26(3,4)29-25)30(17-19-10-12-27-13-11-19)18-21-7-6-20-14-23(31-5)8-9-24(20)28-21/h6-14,22,29H,15-18H2,1-5H3. The monoisotopic (exact) mass is 418 g/mol. The van der Waals surface area contributed by atoms with Crippen LogP contribution in [0.4, 0.5) is 0 Å². The molecule has 4 rings (SSSR count). The Labute approximate surface area is 185 Å². The van der Waals surface area contributed by atoms with Gasteiger partial charge in [0, 0.05) is 48.0 Å². The normalized spacial score (nSPS) is 18.4. The van der Waals surface area contributed by atoms with E-state index in [1.54, 1.807) is 7.11 Å². The molecule has 0 amide bonds. The summed E-state index contributed by atoms with van der Waals surface area (Å²) >= 11 is 0. The zero-order valence-electron chi connectivity index (χ0n) is 19.4. The molecule has 1 fully saturated rings. The highest BCUT2D eigenvalue weighted by Crippen LogP contribution is 2.33. The predicted octanol–water partition coefficient (Wildman–Crippen LogP) is 4.95. The SMILES string of the molecule is COc1ccc2nc(CN(Cc3ccncc3)C3CC(C)(C)NC(C)(C)C3)ccc2c1. The van der Waals surface area contributed by atoms with E-state index in [0.29, 0.717) is 6.04 Å². The van der Waals surface area contributed by atoms with E-state index >= 15 is 0 Å². The molecule has 1 aliphatic rings. The van der Waals surface area contributed by atoms with Gasteiger partial charge in [-0.3, -0.25) is 14.9 Å². The van der Waals surface area contributed by atoms with E-state index in [1.807, 2.05) is 30.6 Å². The fourth-order valence-corrected chi connectivity index (χ4v) is 5.13. The number of ether oxygens (including phenoxy) is 1. The Morgan fingerprint density at radius 1 is 0.968 bits per heavy atom. The van der Waals surface area contributed by atoms with Gasteiger partial charge in [0.25, 0.3) is 0 Å². The number of rotatable bonds is 6. The molecular formula is C26H34N4O. The topological polar surface area (TPSA) is 50.3 Å². The van der Waals surface area contributed by atoms with Crippen molar-refractivity contribution in [1.82, 2.24) is 20.2 Å². The first-order valence-corrected chi connectivity index (χ1v) is 11.1. The maximum atomic E-state index is 5.35. The van der Waals surface area contributed by atoms with Crippen molar-refractivity contribution in [3.05, 3.63) is 66.1 Å². The molecule has 0 saturated carbocycles. The Bertz CT molecular complexity index is 1020. The summed E-state index contributed by atoms with van der Waals surface area (Å²) < 4.78 is 5.35. The minimum Gasteiger partial charge on any atom is -0.497 e. The molecule has 1 saturated heterocycles. The zero-order valence-corrected chi connectivity index (χ0v) is 19.4. The van der Waals surface area contributed by atoms with Gasteiger partial charge in [-0.1, -0.05) is 6.07 Å². The van der Waals surface area contributed by atoms with Crippen LogP contribution in [0.25, 0.3) is 10.9 Å². The molecule has 2 aromatic heterocycles. The highest BCUT2D eigenvalue weighted by molar-refractivity contribution is 5.80. The van der Waals surface area contributed by atoms with Gasteiger partial charge in [-0.05, 0) is 82.5 Å². The quantitative estimate of drug-likeness (QED) is 0.614. The lowest BCUT2D eigenvalue weighted by Gasteiger charge is -2.49. The van der Waals surface area contributed by atoms with Crippen LogP contribution in [0.1, 0.15) is 51.8 Å². The lowest BCUT2D eigenvalue weighted by Crippen LogP contribution is -2.62. The molecule has 3 aromatic rings. The second-order valence-corrected chi connectivity index (χ2v) is 10.1. The number of piperidine rings is 1. The molecule has 0 radical (unpaired) electrons. The fourth-order valence-electron chi connectivity index (χ4n) is 5.13. The zero-order chi connectivity index (χ0) is 22.1. The van der Waals surface area contributed by atoms with Gasteiger partial charge in [0.05, 0.1) is 18.3 Å². The first kappa shape index (κ1) is 21.7. The molecule has 0 unspecified atom stereocenters. The molecule has 0 aliphatic carbocycles. The van der Waals surface area contributed by atoms with E-state index in [2.05, 4.69) is 67.2 Å². The summed E-state index contributed by atoms with van der Waals surface area (Å²) in [5.74, 6) is 0.862. The molecule has 1 N–H and O–H groups in total. The lowest BCUT2D eigenvalue weighted by molar-refractivity contribution is 0.0556. The van der Waals surface area contributed by atoms with Crippen molar-refractivity contribution >= 4 is 10.9 Å². The molecule has 164 valence electrons. The molecule has 1 aliphatic heterocycles. The largest absolute Gasteiger partial charge is 0.497 e. The van der Waals surface area contributed by atoms with Crippen LogP contribution in [-0.4, -0.2) is 39.1 Å². The van der Waals surface area contributed by atoms with Crippen LogP contribution in [-0.2, 0) is 13.1 Å². The van der Waals surface area contributed by atoms with Crippen LogP contribution in [0.3, 0.4) is 0 Å². The minimum atomic E-state index is 0.0935. The number of hydrogen-bond acceptors (Lipinski definition) is 5. The Balaban J connectivity index is 1.63. The number of aromatic nitrogens is 2. The molecule has 3 heterocycles. The van der Waals surface area contributed by atoms with E-state index in [-0.39, 0.29) is 11.1 Å². The van der Waals surface area contributed by atoms with E-state index in [0.717, 1.165) is 48.3 Å². The van der Waals surface area contributed by atoms with Crippen molar-refractivity contribution < 1.29 is 4.74 Å². The van der Waals surface area contributed by atoms with Crippen LogP contribution in [0.15, 0.2) is 54.9 Å². The number of methoxy groups -OCH3 is 1. The highest BCUT2D eigenvalue weighted by atomic mass is 16.5. The maximum absolute atomic E-state index is 5.35. The van der Waals surface area contributed by atoms with E-state index < -0.39 is 0 Å². The van der Waals surface area contributed by atoms with Gasteiger partial charge in [0.1, 0.15) is 5.75 Å². The second kappa shape index (κ2) is 8.56. The smallest absolute Gasteiger partial charge is 0.119 e. The Kier molecular flexibility index (Phi) is 6.00. The number of pyridine rings is 2. The van der Waals surface area contributed by atoms with Gasteiger partial charge in [-0.25, -0.2) is 0 Å². The molecule has 31 heavy (non-hydrogen) atoms. The summed E-state index contributed by atoms with van der Waals surface area (Å²) in [7, 11) is 1.70. The van der Waals surface area contributed by atoms with Crippen molar-refractivity contribution in [3.8, 4) is 5.75 Å². The Morgan fingerprint density at radius 2 is 1.68 bits per heavy atom. The van der Waals surface area contributed by atoms with Crippen LogP contribution >= 0.6 is 0 Å². The van der Waals surface area contributed by atoms with Gasteiger partial charge in [-0.15, -0.1) is 0 Å². The molecular weight excluding hydrogens is 384 g/mol. The van der Waals surface area contributed by atoms with Gasteiger partial charge < -0.3 is 10.1 Å². The number of nitrogens with zero attached hydrogens (tertiary/aromatic N) is 3. The molecule has 1 aromatic carbocycles. The minimum absolute atomic E-state index is 0.0935. The van der Waals surface area contributed by atoms with Gasteiger partial charge in [0.2, 0.25) is 0 Å². The Hall–Kier alpha value is -2.50. The second-order valence-electron chi connectivity index (χ2n) is 10.1. The summed E-state index contributed by atoms with van der Waals surface area (Å²) in [6, 6.07) is 15.1. The number of fused-ring (bicyclic) bond motifs is 1. The molecule has 5 heteroatoms. The third kappa shape index (κ3) is 5.41. The van der Waals surface area contributed by atoms with Crippen molar-refractivity contribution in [1.29, 1.82) is 0 Å². The van der Waals surface area contributed by atoms with Crippen LogP contribution in [0.2, 0.25) is 0 Å². The average Bonchev–Trinajstić information content (AvgIpc) is 2.71. The van der Waals surface area contributed by atoms with Crippen molar-refractivity contribution in [2.24, 2.45) is 0 Å². The van der Waals surface area contributed by atoms with Crippen molar-refractivity contribution in [2.45, 2.75) is 70.7 Å². The van der Waals surface area contributed by atoms with Gasteiger partial charge in [-0.2, -0.15) is 0 Å². The van der Waals surface area contributed by atoms with Gasteiger partial charge >= 0.3 is 0 Å². The van der Waals surface area contributed by atoms with Crippen LogP contribution < -0.4 is 10.1 Å². The summed E-state index contributed by atoms with van der Waals surface area (Å²) in [6.07, 6.45) is 5.97. The summed E-state index contributed by atoms with van der Waals surface area (Å²) in [4.78, 5) is 11.8. The van der Waals surface area contributed by atoms with Gasteiger partial charge in [0.15, 0.2) is 0 Å². The third-order valence-corrected chi connectivity index (χ3v) is 6.14. The van der Waals surface area contributed by atoms with Crippen LogP contribution in [0.5, 0.6) is 5.75 Å². The fraction of sp³-hybridized carbons (Fsp3) is 0.462. The average molecular weight is 419 g/mol. The number of nitrogens with one attached hydrogen (secondary N) is 1. The first-order valence-electron chi connectivity index (χ1n) is 11.1.